The van der Waals surface area contributed by atoms with Crippen molar-refractivity contribution in [3.63, 3.8) is 0 Å². The zero-order valence-electron chi connectivity index (χ0n) is 11.9. The number of amides is 1. The minimum absolute atomic E-state index is 0.0834. The molecule has 1 atom stereocenters. The largest absolute Gasteiger partial charge is 0.416 e. The zero-order chi connectivity index (χ0) is 15.9. The molecule has 0 bridgehead atoms. The molecule has 1 amide bonds. The number of ether oxygens (including phenoxy) is 2. The van der Waals surface area contributed by atoms with Gasteiger partial charge in [-0.05, 0) is 17.7 Å². The average molecular weight is 305 g/mol. The van der Waals surface area contributed by atoms with Gasteiger partial charge in [-0.25, -0.2) is 0 Å². The molecule has 1 aromatic rings. The van der Waals surface area contributed by atoms with E-state index in [2.05, 4.69) is 5.32 Å². The van der Waals surface area contributed by atoms with Crippen molar-refractivity contribution in [3.8, 4) is 0 Å². The standard InChI is InChI=1S/C14H18F3NO3/c1-20-7-6-13(19)18-12(9-21-2)10-4-3-5-11(8-10)14(15,16)17/h3-5,8,12H,6-7,9H2,1-2H3,(H,18,19)/t12-/m1/s1. The van der Waals surface area contributed by atoms with Gasteiger partial charge in [0, 0.05) is 20.6 Å². The molecule has 21 heavy (non-hydrogen) atoms. The van der Waals surface area contributed by atoms with Crippen LogP contribution in [0, 0.1) is 0 Å². The van der Waals surface area contributed by atoms with Crippen LogP contribution in [0.15, 0.2) is 24.3 Å². The molecule has 0 aliphatic carbocycles. The average Bonchev–Trinajstić information content (AvgIpc) is 2.44. The molecule has 7 heteroatoms. The molecule has 0 aromatic heterocycles. The number of hydrogen-bond acceptors (Lipinski definition) is 3. The molecule has 1 rings (SSSR count). The number of rotatable bonds is 7. The van der Waals surface area contributed by atoms with Crippen LogP contribution < -0.4 is 5.32 Å². The van der Waals surface area contributed by atoms with E-state index in [1.165, 1.54) is 26.4 Å². The number of halogens is 3. The summed E-state index contributed by atoms with van der Waals surface area (Å²) in [6, 6.07) is 4.19. The van der Waals surface area contributed by atoms with Crippen LogP contribution in [-0.4, -0.2) is 33.3 Å². The highest BCUT2D eigenvalue weighted by Crippen LogP contribution is 2.30. The van der Waals surface area contributed by atoms with E-state index in [1.807, 2.05) is 0 Å². The monoisotopic (exact) mass is 305 g/mol. The predicted octanol–water partition coefficient (Wildman–Crippen LogP) is 2.55. The molecule has 0 spiro atoms. The lowest BCUT2D eigenvalue weighted by Crippen LogP contribution is -2.32. The predicted molar refractivity (Wildman–Crippen MR) is 70.7 cm³/mol. The number of carbonyl (C=O) groups is 1. The van der Waals surface area contributed by atoms with Gasteiger partial charge in [0.15, 0.2) is 0 Å². The fourth-order valence-corrected chi connectivity index (χ4v) is 1.78. The highest BCUT2D eigenvalue weighted by Gasteiger charge is 2.31. The van der Waals surface area contributed by atoms with Gasteiger partial charge in [-0.2, -0.15) is 13.2 Å². The summed E-state index contributed by atoms with van der Waals surface area (Å²) in [5, 5.41) is 2.64. The third kappa shape index (κ3) is 5.73. The number of alkyl halides is 3. The maximum Gasteiger partial charge on any atom is 0.416 e. The highest BCUT2D eigenvalue weighted by atomic mass is 19.4. The van der Waals surface area contributed by atoms with E-state index in [0.717, 1.165) is 12.1 Å². The molecular weight excluding hydrogens is 287 g/mol. The van der Waals surface area contributed by atoms with Crippen molar-refractivity contribution < 1.29 is 27.4 Å². The summed E-state index contributed by atoms with van der Waals surface area (Å²) in [7, 11) is 2.88. The van der Waals surface area contributed by atoms with Gasteiger partial charge in [-0.15, -0.1) is 0 Å². The van der Waals surface area contributed by atoms with Crippen LogP contribution in [0.1, 0.15) is 23.6 Å². The van der Waals surface area contributed by atoms with Crippen molar-refractivity contribution in [2.45, 2.75) is 18.6 Å². The fraction of sp³-hybridized carbons (Fsp3) is 0.500. The van der Waals surface area contributed by atoms with E-state index in [-0.39, 0.29) is 25.5 Å². The van der Waals surface area contributed by atoms with Crippen LogP contribution in [-0.2, 0) is 20.4 Å². The Hall–Kier alpha value is -1.60. The summed E-state index contributed by atoms with van der Waals surface area (Å²) < 4.78 is 47.9. The Bertz CT molecular complexity index is 463. The normalized spacial score (nSPS) is 13.0. The fourth-order valence-electron chi connectivity index (χ4n) is 1.78. The van der Waals surface area contributed by atoms with Crippen molar-refractivity contribution in [2.75, 3.05) is 27.4 Å². The lowest BCUT2D eigenvalue weighted by Gasteiger charge is -2.19. The quantitative estimate of drug-likeness (QED) is 0.842. The minimum Gasteiger partial charge on any atom is -0.384 e. The summed E-state index contributed by atoms with van der Waals surface area (Å²) >= 11 is 0. The van der Waals surface area contributed by atoms with Gasteiger partial charge in [0.2, 0.25) is 5.91 Å². The van der Waals surface area contributed by atoms with Crippen molar-refractivity contribution in [1.82, 2.24) is 5.32 Å². The SMILES string of the molecule is COCCC(=O)N[C@H](COC)c1cccc(C(F)(F)F)c1. The molecule has 118 valence electrons. The molecule has 0 heterocycles. The minimum atomic E-state index is -4.42. The van der Waals surface area contributed by atoms with Crippen molar-refractivity contribution in [1.29, 1.82) is 0 Å². The summed E-state index contributed by atoms with van der Waals surface area (Å²) in [5.41, 5.74) is -0.412. The number of hydrogen-bond donors (Lipinski definition) is 1. The van der Waals surface area contributed by atoms with Gasteiger partial charge in [0.05, 0.1) is 24.8 Å². The van der Waals surface area contributed by atoms with Crippen LogP contribution in [0.5, 0.6) is 0 Å². The van der Waals surface area contributed by atoms with Gasteiger partial charge >= 0.3 is 6.18 Å². The zero-order valence-corrected chi connectivity index (χ0v) is 11.9. The number of carbonyl (C=O) groups excluding carboxylic acids is 1. The van der Waals surface area contributed by atoms with E-state index in [0.29, 0.717) is 5.56 Å². The van der Waals surface area contributed by atoms with Crippen LogP contribution in [0.4, 0.5) is 13.2 Å². The number of benzene rings is 1. The molecule has 0 fully saturated rings. The van der Waals surface area contributed by atoms with Crippen molar-refractivity contribution in [2.24, 2.45) is 0 Å². The molecule has 0 aliphatic heterocycles. The Morgan fingerprint density at radius 3 is 2.57 bits per heavy atom. The smallest absolute Gasteiger partial charge is 0.384 e. The van der Waals surface area contributed by atoms with Gasteiger partial charge in [0.1, 0.15) is 0 Å². The second-order valence-electron chi connectivity index (χ2n) is 4.44. The Balaban J connectivity index is 2.87. The lowest BCUT2D eigenvalue weighted by molar-refractivity contribution is -0.137. The van der Waals surface area contributed by atoms with Crippen LogP contribution >= 0.6 is 0 Å². The van der Waals surface area contributed by atoms with Crippen molar-refractivity contribution in [3.05, 3.63) is 35.4 Å². The molecule has 1 N–H and O–H groups in total. The van der Waals surface area contributed by atoms with Crippen molar-refractivity contribution >= 4 is 5.91 Å². The lowest BCUT2D eigenvalue weighted by atomic mass is 10.0. The van der Waals surface area contributed by atoms with Crippen LogP contribution in [0.2, 0.25) is 0 Å². The Kier molecular flexibility index (Phi) is 6.64. The highest BCUT2D eigenvalue weighted by molar-refractivity contribution is 5.76. The summed E-state index contributed by atoms with van der Waals surface area (Å²) in [5.74, 6) is -0.309. The second-order valence-corrected chi connectivity index (χ2v) is 4.44. The molecule has 0 saturated carbocycles. The Morgan fingerprint density at radius 1 is 1.29 bits per heavy atom. The summed E-state index contributed by atoms with van der Waals surface area (Å²) in [6.07, 6.45) is -4.29. The maximum atomic E-state index is 12.7. The molecule has 0 saturated heterocycles. The maximum absolute atomic E-state index is 12.7. The van der Waals surface area contributed by atoms with Gasteiger partial charge in [0.25, 0.3) is 0 Å². The Morgan fingerprint density at radius 2 is 2.00 bits per heavy atom. The summed E-state index contributed by atoms with van der Waals surface area (Å²) in [6.45, 7) is 0.328. The van der Waals surface area contributed by atoms with Crippen LogP contribution in [0.25, 0.3) is 0 Å². The summed E-state index contributed by atoms with van der Waals surface area (Å²) in [4.78, 5) is 11.7. The van der Waals surface area contributed by atoms with Gasteiger partial charge < -0.3 is 14.8 Å². The van der Waals surface area contributed by atoms with E-state index >= 15 is 0 Å². The molecular formula is C14H18F3NO3. The van der Waals surface area contributed by atoms with E-state index < -0.39 is 17.8 Å². The first-order chi connectivity index (χ1) is 9.88. The molecule has 4 nitrogen and oxygen atoms in total. The van der Waals surface area contributed by atoms with E-state index in [4.69, 9.17) is 9.47 Å². The van der Waals surface area contributed by atoms with Gasteiger partial charge in [-0.1, -0.05) is 12.1 Å². The first kappa shape index (κ1) is 17.5. The first-order valence-corrected chi connectivity index (χ1v) is 6.33. The van der Waals surface area contributed by atoms with Gasteiger partial charge in [-0.3, -0.25) is 4.79 Å². The number of nitrogens with one attached hydrogen (secondary N) is 1. The second kappa shape index (κ2) is 7.99. The topological polar surface area (TPSA) is 47.6 Å². The van der Waals surface area contributed by atoms with E-state index in [1.54, 1.807) is 0 Å². The van der Waals surface area contributed by atoms with E-state index in [9.17, 15) is 18.0 Å². The third-order valence-corrected chi connectivity index (χ3v) is 2.82. The van der Waals surface area contributed by atoms with Crippen LogP contribution in [0.3, 0.4) is 0 Å². The Labute approximate surface area is 121 Å². The number of methoxy groups -OCH3 is 2. The molecule has 1 aromatic carbocycles. The molecule has 0 unspecified atom stereocenters. The molecule has 0 aliphatic rings. The molecule has 0 radical (unpaired) electrons. The third-order valence-electron chi connectivity index (χ3n) is 2.82. The first-order valence-electron chi connectivity index (χ1n) is 6.33.